The number of hydrogen-bond donors (Lipinski definition) is 0. The van der Waals surface area contributed by atoms with Gasteiger partial charge >= 0.3 is 0 Å². The van der Waals surface area contributed by atoms with Gasteiger partial charge in [-0.05, 0) is 71.8 Å². The lowest BCUT2D eigenvalue weighted by Crippen LogP contribution is -2.00. The van der Waals surface area contributed by atoms with Crippen molar-refractivity contribution >= 4 is 65.7 Å². The number of hydrogen-bond acceptors (Lipinski definition) is 5. The summed E-state index contributed by atoms with van der Waals surface area (Å²) in [7, 11) is 0. The maximum Gasteiger partial charge on any atom is 0.164 e. The molecule has 12 rings (SSSR count). The first-order valence-corrected chi connectivity index (χ1v) is 19.0. The molecule has 0 N–H and O–H groups in total. The summed E-state index contributed by atoms with van der Waals surface area (Å²) in [4.78, 5) is 15.1. The lowest BCUT2D eigenvalue weighted by atomic mass is 9.99. The first-order valence-electron chi connectivity index (χ1n) is 19.0. The molecule has 0 unspecified atom stereocenters. The zero-order valence-electron chi connectivity index (χ0n) is 30.4. The lowest BCUT2D eigenvalue weighted by molar-refractivity contribution is 0.668. The maximum atomic E-state index is 6.50. The minimum atomic E-state index is 0.592. The van der Waals surface area contributed by atoms with Crippen molar-refractivity contribution in [3.8, 4) is 51.0 Å². The Kier molecular flexibility index (Phi) is 6.83. The Balaban J connectivity index is 1.07. The van der Waals surface area contributed by atoms with E-state index in [1.165, 1.54) is 10.8 Å². The van der Waals surface area contributed by atoms with Crippen molar-refractivity contribution in [1.82, 2.24) is 19.5 Å². The molecule has 0 saturated carbocycles. The van der Waals surface area contributed by atoms with Crippen LogP contribution in [0.4, 0.5) is 0 Å². The van der Waals surface area contributed by atoms with Crippen LogP contribution in [0, 0.1) is 0 Å². The van der Waals surface area contributed by atoms with E-state index in [1.807, 2.05) is 84.9 Å². The second-order valence-corrected chi connectivity index (χ2v) is 14.4. The van der Waals surface area contributed by atoms with Gasteiger partial charge in [0, 0.05) is 49.3 Å². The van der Waals surface area contributed by atoms with Gasteiger partial charge in [-0.3, -0.25) is 0 Å². The monoisotopic (exact) mass is 730 g/mol. The topological polar surface area (TPSA) is 69.9 Å². The highest BCUT2D eigenvalue weighted by Gasteiger charge is 2.21. The molecular weight excluding hydrogens is 701 g/mol. The first-order chi connectivity index (χ1) is 28.2. The van der Waals surface area contributed by atoms with Crippen molar-refractivity contribution in [2.45, 2.75) is 0 Å². The van der Waals surface area contributed by atoms with Crippen molar-refractivity contribution < 1.29 is 8.83 Å². The second kappa shape index (κ2) is 12.3. The minimum absolute atomic E-state index is 0.592. The summed E-state index contributed by atoms with van der Waals surface area (Å²) in [6.45, 7) is 0. The van der Waals surface area contributed by atoms with Gasteiger partial charge in [-0.1, -0.05) is 121 Å². The smallest absolute Gasteiger partial charge is 0.164 e. The number of aromatic nitrogens is 4. The molecule has 0 bridgehead atoms. The van der Waals surface area contributed by atoms with Crippen LogP contribution in [-0.2, 0) is 0 Å². The Labute approximate surface area is 325 Å². The average molecular weight is 731 g/mol. The molecular formula is C51H30N4O2. The van der Waals surface area contributed by atoms with E-state index in [4.69, 9.17) is 23.8 Å². The van der Waals surface area contributed by atoms with Gasteiger partial charge in [-0.25, -0.2) is 15.0 Å². The van der Waals surface area contributed by atoms with Crippen LogP contribution in [0.1, 0.15) is 0 Å². The molecule has 0 saturated heterocycles. The summed E-state index contributed by atoms with van der Waals surface area (Å²) < 4.78 is 15.2. The molecule has 0 aliphatic heterocycles. The van der Waals surface area contributed by atoms with E-state index in [-0.39, 0.29) is 0 Å². The molecule has 4 aromatic heterocycles. The molecule has 0 fully saturated rings. The third-order valence-corrected chi connectivity index (χ3v) is 11.1. The SMILES string of the molecule is c1ccc(-c2nc(-c3ccccc3)nc(-c3cccc4oc5ccc(-c6ccc7c(c6)c6ccc8oc9ccccc9c8c6n7-c6ccccc6)cc5c34)n2)cc1. The van der Waals surface area contributed by atoms with Crippen LogP contribution < -0.4 is 0 Å². The molecule has 6 nitrogen and oxygen atoms in total. The molecule has 0 amide bonds. The molecule has 12 aromatic rings. The summed E-state index contributed by atoms with van der Waals surface area (Å²) in [6, 6.07) is 62.7. The van der Waals surface area contributed by atoms with E-state index in [1.54, 1.807) is 0 Å². The Bertz CT molecular complexity index is 3450. The predicted octanol–water partition coefficient (Wildman–Crippen LogP) is 13.4. The zero-order chi connectivity index (χ0) is 37.5. The fourth-order valence-corrected chi connectivity index (χ4v) is 8.46. The molecule has 4 heterocycles. The minimum Gasteiger partial charge on any atom is -0.456 e. The molecule has 0 aliphatic rings. The molecule has 8 aromatic carbocycles. The fraction of sp³-hybridized carbons (Fsp3) is 0. The quantitative estimate of drug-likeness (QED) is 0.176. The van der Waals surface area contributed by atoms with Crippen molar-refractivity contribution in [2.75, 3.05) is 0 Å². The van der Waals surface area contributed by atoms with Gasteiger partial charge in [0.25, 0.3) is 0 Å². The van der Waals surface area contributed by atoms with Crippen LogP contribution in [0.25, 0.3) is 117 Å². The van der Waals surface area contributed by atoms with Crippen molar-refractivity contribution in [3.05, 3.63) is 182 Å². The Hall–Kier alpha value is -7.83. The Morgan fingerprint density at radius 2 is 0.912 bits per heavy atom. The van der Waals surface area contributed by atoms with Crippen LogP contribution in [0.5, 0.6) is 0 Å². The summed E-state index contributed by atoms with van der Waals surface area (Å²) >= 11 is 0. The van der Waals surface area contributed by atoms with E-state index in [0.29, 0.717) is 17.5 Å². The number of furan rings is 2. The average Bonchev–Trinajstić information content (AvgIpc) is 3.96. The zero-order valence-corrected chi connectivity index (χ0v) is 30.4. The Morgan fingerprint density at radius 3 is 1.65 bits per heavy atom. The molecule has 266 valence electrons. The summed E-state index contributed by atoms with van der Waals surface area (Å²) in [5.41, 5.74) is 11.7. The predicted molar refractivity (Wildman–Crippen MR) is 230 cm³/mol. The summed E-state index contributed by atoms with van der Waals surface area (Å²) in [5.74, 6) is 1.83. The highest BCUT2D eigenvalue weighted by Crippen LogP contribution is 2.43. The highest BCUT2D eigenvalue weighted by atomic mass is 16.3. The van der Waals surface area contributed by atoms with Gasteiger partial charge < -0.3 is 13.4 Å². The van der Waals surface area contributed by atoms with Crippen LogP contribution in [0.2, 0.25) is 0 Å². The fourth-order valence-electron chi connectivity index (χ4n) is 8.46. The third kappa shape index (κ3) is 4.94. The number of rotatable bonds is 5. The Morgan fingerprint density at radius 1 is 0.351 bits per heavy atom. The standard InChI is InChI=1S/C51H30N4O2/c1-4-13-31(14-5-1)49-52-50(32-15-6-2-7-16-32)54-51(53-49)38-20-12-22-44-46(38)40-30-34(24-27-43(40)57-44)33-23-26-41-39(29-33)36-25-28-45-47(37-19-10-11-21-42(37)56-45)48(36)55(41)35-17-8-3-9-18-35/h1-30H. The van der Waals surface area contributed by atoms with E-state index in [9.17, 15) is 0 Å². The van der Waals surface area contributed by atoms with Crippen molar-refractivity contribution in [2.24, 2.45) is 0 Å². The molecule has 0 aliphatic carbocycles. The lowest BCUT2D eigenvalue weighted by Gasteiger charge is -2.09. The van der Waals surface area contributed by atoms with Gasteiger partial charge in [0.15, 0.2) is 17.5 Å². The molecule has 6 heteroatoms. The first kappa shape index (κ1) is 31.5. The molecule has 57 heavy (non-hydrogen) atoms. The van der Waals surface area contributed by atoms with Crippen molar-refractivity contribution in [3.63, 3.8) is 0 Å². The maximum absolute atomic E-state index is 6.50. The number of benzene rings is 8. The van der Waals surface area contributed by atoms with Gasteiger partial charge in [0.1, 0.15) is 22.3 Å². The van der Waals surface area contributed by atoms with Gasteiger partial charge in [-0.2, -0.15) is 0 Å². The number of nitrogens with zero attached hydrogens (tertiary/aromatic N) is 4. The summed E-state index contributed by atoms with van der Waals surface area (Å²) in [6.07, 6.45) is 0. The van der Waals surface area contributed by atoms with Gasteiger partial charge in [0.05, 0.1) is 16.4 Å². The molecule has 0 spiro atoms. The van der Waals surface area contributed by atoms with Crippen LogP contribution in [-0.4, -0.2) is 19.5 Å². The summed E-state index contributed by atoms with van der Waals surface area (Å²) in [5, 5.41) is 6.53. The largest absolute Gasteiger partial charge is 0.456 e. The normalized spacial score (nSPS) is 11.9. The number of fused-ring (bicyclic) bond motifs is 10. The van der Waals surface area contributed by atoms with E-state index in [0.717, 1.165) is 88.4 Å². The van der Waals surface area contributed by atoms with Gasteiger partial charge in [0.2, 0.25) is 0 Å². The van der Waals surface area contributed by atoms with Gasteiger partial charge in [-0.15, -0.1) is 0 Å². The van der Waals surface area contributed by atoms with E-state index in [2.05, 4.69) is 102 Å². The molecule has 0 radical (unpaired) electrons. The van der Waals surface area contributed by atoms with E-state index >= 15 is 0 Å². The van der Waals surface area contributed by atoms with Crippen molar-refractivity contribution in [1.29, 1.82) is 0 Å². The highest BCUT2D eigenvalue weighted by molar-refractivity contribution is 6.25. The van der Waals surface area contributed by atoms with E-state index < -0.39 is 0 Å². The third-order valence-electron chi connectivity index (χ3n) is 11.1. The molecule has 0 atom stereocenters. The van der Waals surface area contributed by atoms with Crippen LogP contribution in [0.3, 0.4) is 0 Å². The van der Waals surface area contributed by atoms with Crippen LogP contribution in [0.15, 0.2) is 191 Å². The number of para-hydroxylation sites is 2. The second-order valence-electron chi connectivity index (χ2n) is 14.4. The van der Waals surface area contributed by atoms with Crippen LogP contribution >= 0.6 is 0 Å².